The first kappa shape index (κ1) is 13.8. The van der Waals surface area contributed by atoms with E-state index < -0.39 is 0 Å². The first-order valence-corrected chi connectivity index (χ1v) is 6.72. The Labute approximate surface area is 127 Å². The molecular weight excluding hydrogens is 280 g/mol. The van der Waals surface area contributed by atoms with E-state index in [1.807, 2.05) is 30.3 Å². The molecule has 2 aromatic heterocycles. The van der Waals surface area contributed by atoms with Crippen LogP contribution < -0.4 is 10.6 Å². The molecule has 2 N–H and O–H groups in total. The van der Waals surface area contributed by atoms with Crippen LogP contribution in [0.3, 0.4) is 0 Å². The molecule has 0 bridgehead atoms. The molecule has 0 aliphatic heterocycles. The van der Waals surface area contributed by atoms with Crippen LogP contribution >= 0.6 is 0 Å². The van der Waals surface area contributed by atoms with Crippen molar-refractivity contribution in [2.45, 2.75) is 6.92 Å². The molecule has 0 aliphatic rings. The maximum absolute atomic E-state index is 12.2. The summed E-state index contributed by atoms with van der Waals surface area (Å²) in [6.45, 7) is 1.81. The number of carbonyl (C=O) groups excluding carboxylic acids is 1. The number of aryl methyl sites for hydroxylation is 1. The van der Waals surface area contributed by atoms with E-state index in [2.05, 4.69) is 20.8 Å². The maximum Gasteiger partial charge on any atom is 0.257 e. The first-order chi connectivity index (χ1) is 10.7. The fourth-order valence-electron chi connectivity index (χ4n) is 1.93. The summed E-state index contributed by atoms with van der Waals surface area (Å²) < 4.78 is 4.98. The van der Waals surface area contributed by atoms with Crippen molar-refractivity contribution in [1.29, 1.82) is 0 Å². The Hall–Kier alpha value is -3.15. The number of anilines is 3. The number of benzene rings is 1. The predicted octanol–water partition coefficient (Wildman–Crippen LogP) is 3.37. The fourth-order valence-corrected chi connectivity index (χ4v) is 1.93. The van der Waals surface area contributed by atoms with Gasteiger partial charge in [-0.1, -0.05) is 23.4 Å². The zero-order valence-corrected chi connectivity index (χ0v) is 11.9. The zero-order chi connectivity index (χ0) is 15.4. The topological polar surface area (TPSA) is 80.0 Å². The molecule has 0 saturated heterocycles. The highest BCUT2D eigenvalue weighted by Crippen LogP contribution is 2.17. The van der Waals surface area contributed by atoms with E-state index in [4.69, 9.17) is 4.52 Å². The van der Waals surface area contributed by atoms with Gasteiger partial charge in [-0.15, -0.1) is 0 Å². The Bertz CT molecular complexity index is 784. The van der Waals surface area contributed by atoms with E-state index in [1.165, 1.54) is 6.20 Å². The van der Waals surface area contributed by atoms with Gasteiger partial charge in [0.2, 0.25) is 0 Å². The van der Waals surface area contributed by atoms with Gasteiger partial charge < -0.3 is 15.2 Å². The smallest absolute Gasteiger partial charge is 0.257 e. The number of nitrogens with zero attached hydrogens (tertiary/aromatic N) is 2. The van der Waals surface area contributed by atoms with Crippen LogP contribution in [0.25, 0.3) is 0 Å². The molecule has 1 amide bonds. The van der Waals surface area contributed by atoms with Crippen molar-refractivity contribution in [3.63, 3.8) is 0 Å². The van der Waals surface area contributed by atoms with Gasteiger partial charge in [0, 0.05) is 18.0 Å². The predicted molar refractivity (Wildman–Crippen MR) is 83.2 cm³/mol. The second-order valence-electron chi connectivity index (χ2n) is 4.73. The summed E-state index contributed by atoms with van der Waals surface area (Å²) in [5, 5.41) is 9.69. The number of amides is 1. The van der Waals surface area contributed by atoms with Crippen molar-refractivity contribution in [3.05, 3.63) is 66.2 Å². The number of hydrogen-bond acceptors (Lipinski definition) is 5. The third-order valence-corrected chi connectivity index (χ3v) is 2.93. The zero-order valence-electron chi connectivity index (χ0n) is 11.9. The Morgan fingerprint density at radius 3 is 2.64 bits per heavy atom. The Kier molecular flexibility index (Phi) is 3.82. The quantitative estimate of drug-likeness (QED) is 0.771. The summed E-state index contributed by atoms with van der Waals surface area (Å²) in [6.07, 6.45) is 3.13. The van der Waals surface area contributed by atoms with E-state index in [0.29, 0.717) is 22.8 Å². The minimum atomic E-state index is -0.223. The number of rotatable bonds is 4. The molecule has 0 aliphatic carbocycles. The first-order valence-electron chi connectivity index (χ1n) is 6.72. The van der Waals surface area contributed by atoms with Crippen molar-refractivity contribution in [3.8, 4) is 0 Å². The highest BCUT2D eigenvalue weighted by molar-refractivity contribution is 6.04. The largest absolute Gasteiger partial charge is 0.360 e. The summed E-state index contributed by atoms with van der Waals surface area (Å²) in [4.78, 5) is 16.3. The van der Waals surface area contributed by atoms with Crippen molar-refractivity contribution in [2.24, 2.45) is 0 Å². The molecule has 6 heteroatoms. The van der Waals surface area contributed by atoms with E-state index in [0.717, 1.165) is 5.69 Å². The maximum atomic E-state index is 12.2. The lowest BCUT2D eigenvalue weighted by Crippen LogP contribution is -2.12. The molecule has 2 heterocycles. The highest BCUT2D eigenvalue weighted by atomic mass is 16.5. The minimum Gasteiger partial charge on any atom is -0.360 e. The van der Waals surface area contributed by atoms with Gasteiger partial charge in [-0.3, -0.25) is 9.78 Å². The van der Waals surface area contributed by atoms with Crippen molar-refractivity contribution in [1.82, 2.24) is 10.1 Å². The van der Waals surface area contributed by atoms with Crippen LogP contribution in [0, 0.1) is 6.92 Å². The normalized spacial score (nSPS) is 10.2. The van der Waals surface area contributed by atoms with E-state index in [-0.39, 0.29) is 5.91 Å². The number of pyridine rings is 1. The lowest BCUT2D eigenvalue weighted by Gasteiger charge is -2.06. The second kappa shape index (κ2) is 6.09. The molecule has 3 rings (SSSR count). The van der Waals surface area contributed by atoms with Crippen molar-refractivity contribution >= 4 is 23.1 Å². The van der Waals surface area contributed by atoms with Crippen LogP contribution in [0.5, 0.6) is 0 Å². The standard InChI is InChI=1S/C16H14N4O2/c1-11-7-15(20-22-11)18-14-8-12(9-17-10-14)16(21)19-13-5-3-2-4-6-13/h2-10H,1H3,(H,18,20)(H,19,21). The average molecular weight is 294 g/mol. The van der Waals surface area contributed by atoms with E-state index in [1.54, 1.807) is 25.3 Å². The Morgan fingerprint density at radius 1 is 1.09 bits per heavy atom. The molecule has 0 fully saturated rings. The van der Waals surface area contributed by atoms with Crippen LogP contribution in [-0.2, 0) is 0 Å². The fraction of sp³-hybridized carbons (Fsp3) is 0.0625. The summed E-state index contributed by atoms with van der Waals surface area (Å²) >= 11 is 0. The molecule has 6 nitrogen and oxygen atoms in total. The Morgan fingerprint density at radius 2 is 1.91 bits per heavy atom. The summed E-state index contributed by atoms with van der Waals surface area (Å²) in [5.41, 5.74) is 1.85. The molecule has 3 aromatic rings. The molecule has 0 spiro atoms. The Balaban J connectivity index is 1.74. The van der Waals surface area contributed by atoms with Gasteiger partial charge in [-0.05, 0) is 25.1 Å². The average Bonchev–Trinajstić information content (AvgIpc) is 2.93. The van der Waals surface area contributed by atoms with Gasteiger partial charge in [0.05, 0.1) is 17.4 Å². The van der Waals surface area contributed by atoms with Gasteiger partial charge in [0.15, 0.2) is 5.82 Å². The van der Waals surface area contributed by atoms with Crippen LogP contribution in [0.2, 0.25) is 0 Å². The van der Waals surface area contributed by atoms with E-state index in [9.17, 15) is 4.79 Å². The lowest BCUT2D eigenvalue weighted by atomic mass is 10.2. The molecule has 0 radical (unpaired) electrons. The third kappa shape index (κ3) is 3.29. The molecule has 0 atom stereocenters. The number of nitrogens with one attached hydrogen (secondary N) is 2. The lowest BCUT2D eigenvalue weighted by molar-refractivity contribution is 0.102. The SMILES string of the molecule is Cc1cc(Nc2cncc(C(=O)Nc3ccccc3)c2)no1. The molecule has 110 valence electrons. The van der Waals surface area contributed by atoms with Crippen LogP contribution in [0.4, 0.5) is 17.2 Å². The van der Waals surface area contributed by atoms with Crippen molar-refractivity contribution in [2.75, 3.05) is 10.6 Å². The monoisotopic (exact) mass is 294 g/mol. The molecular formula is C16H14N4O2. The van der Waals surface area contributed by atoms with Crippen molar-refractivity contribution < 1.29 is 9.32 Å². The molecule has 1 aromatic carbocycles. The number of aromatic nitrogens is 2. The molecule has 22 heavy (non-hydrogen) atoms. The second-order valence-corrected chi connectivity index (χ2v) is 4.73. The van der Waals surface area contributed by atoms with Crippen LogP contribution in [0.15, 0.2) is 59.4 Å². The van der Waals surface area contributed by atoms with Gasteiger partial charge in [-0.25, -0.2) is 0 Å². The minimum absolute atomic E-state index is 0.223. The van der Waals surface area contributed by atoms with Crippen LogP contribution in [0.1, 0.15) is 16.1 Å². The molecule has 0 saturated carbocycles. The molecule has 0 unspecified atom stereocenters. The third-order valence-electron chi connectivity index (χ3n) is 2.93. The van der Waals surface area contributed by atoms with E-state index >= 15 is 0 Å². The highest BCUT2D eigenvalue weighted by Gasteiger charge is 2.08. The van der Waals surface area contributed by atoms with Gasteiger partial charge in [0.1, 0.15) is 5.76 Å². The van der Waals surface area contributed by atoms with Gasteiger partial charge in [-0.2, -0.15) is 0 Å². The summed E-state index contributed by atoms with van der Waals surface area (Å²) in [7, 11) is 0. The number of hydrogen-bond donors (Lipinski definition) is 2. The summed E-state index contributed by atoms with van der Waals surface area (Å²) in [6, 6.07) is 12.7. The summed E-state index contributed by atoms with van der Waals surface area (Å²) in [5.74, 6) is 1.05. The number of carbonyl (C=O) groups is 1. The van der Waals surface area contributed by atoms with Gasteiger partial charge in [0.25, 0.3) is 5.91 Å². The number of para-hydroxylation sites is 1. The van der Waals surface area contributed by atoms with Gasteiger partial charge >= 0.3 is 0 Å². The van der Waals surface area contributed by atoms with Crippen LogP contribution in [-0.4, -0.2) is 16.0 Å².